The fourth-order valence-electron chi connectivity index (χ4n) is 4.67. The van der Waals surface area contributed by atoms with Crippen molar-refractivity contribution in [3.63, 3.8) is 0 Å². The Morgan fingerprint density at radius 1 is 1.10 bits per heavy atom. The van der Waals surface area contributed by atoms with Gasteiger partial charge in [0.25, 0.3) is 5.91 Å². The van der Waals surface area contributed by atoms with Crippen LogP contribution in [0.25, 0.3) is 0 Å². The van der Waals surface area contributed by atoms with Crippen molar-refractivity contribution >= 4 is 29.1 Å². The second-order valence-electron chi connectivity index (χ2n) is 9.42. The van der Waals surface area contributed by atoms with Crippen LogP contribution in [-0.4, -0.2) is 27.3 Å². The van der Waals surface area contributed by atoms with Crippen molar-refractivity contribution in [1.82, 2.24) is 14.8 Å². The highest BCUT2D eigenvalue weighted by Gasteiger charge is 2.34. The molecule has 0 saturated carbocycles. The SMILES string of the molecule is CCOc1cc(C2C(C(=O)Nc3cccc(C)c3C)=C(C)Nc3ncnn32)ccc1OCc1c(F)cccc1Cl. The van der Waals surface area contributed by atoms with Gasteiger partial charge in [-0.3, -0.25) is 4.79 Å². The molecule has 0 spiro atoms. The molecule has 1 aliphatic heterocycles. The highest BCUT2D eigenvalue weighted by Crippen LogP contribution is 2.39. The van der Waals surface area contributed by atoms with Gasteiger partial charge in [0.2, 0.25) is 5.95 Å². The molecular weight excluding hydrogens is 533 g/mol. The molecule has 40 heavy (non-hydrogen) atoms. The van der Waals surface area contributed by atoms with E-state index >= 15 is 0 Å². The maximum atomic E-state index is 14.3. The molecule has 5 rings (SSSR count). The fraction of sp³-hybridized carbons (Fsp3) is 0.233. The van der Waals surface area contributed by atoms with Gasteiger partial charge in [0, 0.05) is 16.9 Å². The summed E-state index contributed by atoms with van der Waals surface area (Å²) < 4.78 is 27.8. The summed E-state index contributed by atoms with van der Waals surface area (Å²) in [5.41, 5.74) is 4.93. The molecular formula is C30H29ClFN5O3. The molecule has 1 amide bonds. The summed E-state index contributed by atoms with van der Waals surface area (Å²) in [5.74, 6) is 0.658. The lowest BCUT2D eigenvalue weighted by molar-refractivity contribution is -0.113. The zero-order chi connectivity index (χ0) is 28.4. The van der Waals surface area contributed by atoms with Gasteiger partial charge >= 0.3 is 0 Å². The quantitative estimate of drug-likeness (QED) is 0.252. The summed E-state index contributed by atoms with van der Waals surface area (Å²) in [5, 5.41) is 11.0. The lowest BCUT2D eigenvalue weighted by Crippen LogP contribution is -2.31. The van der Waals surface area contributed by atoms with Crippen LogP contribution in [0, 0.1) is 19.7 Å². The summed E-state index contributed by atoms with van der Waals surface area (Å²) in [4.78, 5) is 18.1. The van der Waals surface area contributed by atoms with Crippen molar-refractivity contribution in [1.29, 1.82) is 0 Å². The predicted octanol–water partition coefficient (Wildman–Crippen LogP) is 6.59. The molecule has 1 atom stereocenters. The first-order chi connectivity index (χ1) is 19.3. The van der Waals surface area contributed by atoms with E-state index in [0.717, 1.165) is 22.4 Å². The van der Waals surface area contributed by atoms with Gasteiger partial charge in [-0.1, -0.05) is 35.9 Å². The third kappa shape index (κ3) is 5.24. The van der Waals surface area contributed by atoms with E-state index in [1.54, 1.807) is 22.9 Å². The number of hydrogen-bond acceptors (Lipinski definition) is 6. The molecule has 1 aromatic heterocycles. The van der Waals surface area contributed by atoms with Crippen LogP contribution in [0.1, 0.15) is 42.1 Å². The summed E-state index contributed by atoms with van der Waals surface area (Å²) in [7, 11) is 0. The molecule has 1 unspecified atom stereocenters. The number of halogens is 2. The number of nitrogens with one attached hydrogen (secondary N) is 2. The number of aryl methyl sites for hydroxylation is 1. The molecule has 0 radical (unpaired) electrons. The lowest BCUT2D eigenvalue weighted by atomic mass is 9.94. The number of carbonyl (C=O) groups is 1. The topological polar surface area (TPSA) is 90.3 Å². The van der Waals surface area contributed by atoms with E-state index in [4.69, 9.17) is 21.1 Å². The monoisotopic (exact) mass is 561 g/mol. The van der Waals surface area contributed by atoms with Gasteiger partial charge in [-0.05, 0) is 74.7 Å². The molecule has 1 aliphatic rings. The molecule has 206 valence electrons. The highest BCUT2D eigenvalue weighted by molar-refractivity contribution is 6.31. The first-order valence-electron chi connectivity index (χ1n) is 12.9. The molecule has 2 N–H and O–H groups in total. The number of hydrogen-bond donors (Lipinski definition) is 2. The number of benzene rings is 3. The summed E-state index contributed by atoms with van der Waals surface area (Å²) in [6.07, 6.45) is 1.44. The summed E-state index contributed by atoms with van der Waals surface area (Å²) in [6, 6.07) is 15.1. The van der Waals surface area contributed by atoms with Gasteiger partial charge in [0.05, 0.1) is 17.2 Å². The van der Waals surface area contributed by atoms with Crippen molar-refractivity contribution < 1.29 is 18.7 Å². The summed E-state index contributed by atoms with van der Waals surface area (Å²) >= 11 is 6.18. The first kappa shape index (κ1) is 27.2. The van der Waals surface area contributed by atoms with Crippen LogP contribution in [0.15, 0.2) is 72.2 Å². The van der Waals surface area contributed by atoms with Gasteiger partial charge in [0.1, 0.15) is 24.8 Å². The van der Waals surface area contributed by atoms with Crippen LogP contribution in [0.5, 0.6) is 11.5 Å². The van der Waals surface area contributed by atoms with Crippen molar-refractivity contribution in [2.24, 2.45) is 0 Å². The van der Waals surface area contributed by atoms with Crippen molar-refractivity contribution in [3.05, 3.63) is 105 Å². The average Bonchev–Trinajstić information content (AvgIpc) is 3.39. The van der Waals surface area contributed by atoms with Gasteiger partial charge in [-0.2, -0.15) is 10.1 Å². The fourth-order valence-corrected chi connectivity index (χ4v) is 4.89. The number of ether oxygens (including phenoxy) is 2. The molecule has 0 saturated heterocycles. The minimum Gasteiger partial charge on any atom is -0.490 e. The highest BCUT2D eigenvalue weighted by atomic mass is 35.5. The number of anilines is 2. The minimum absolute atomic E-state index is 0.0754. The largest absolute Gasteiger partial charge is 0.490 e. The molecule has 0 fully saturated rings. The predicted molar refractivity (Wildman–Crippen MR) is 152 cm³/mol. The Labute approximate surface area is 236 Å². The smallest absolute Gasteiger partial charge is 0.255 e. The molecule has 2 heterocycles. The Kier molecular flexibility index (Phi) is 7.75. The van der Waals surface area contributed by atoms with Crippen LogP contribution in [-0.2, 0) is 11.4 Å². The van der Waals surface area contributed by atoms with E-state index in [1.165, 1.54) is 12.4 Å². The zero-order valence-electron chi connectivity index (χ0n) is 22.6. The van der Waals surface area contributed by atoms with E-state index in [9.17, 15) is 9.18 Å². The number of rotatable bonds is 8. The molecule has 3 aromatic carbocycles. The van der Waals surface area contributed by atoms with Gasteiger partial charge in [-0.15, -0.1) is 0 Å². The molecule has 0 aliphatic carbocycles. The maximum absolute atomic E-state index is 14.3. The number of allylic oxidation sites excluding steroid dienone is 1. The third-order valence-corrected chi connectivity index (χ3v) is 7.26. The van der Waals surface area contributed by atoms with E-state index in [2.05, 4.69) is 20.7 Å². The van der Waals surface area contributed by atoms with Crippen LogP contribution < -0.4 is 20.1 Å². The van der Waals surface area contributed by atoms with Crippen LogP contribution >= 0.6 is 11.6 Å². The number of aromatic nitrogens is 3. The molecule has 8 nitrogen and oxygen atoms in total. The number of nitrogens with zero attached hydrogens (tertiary/aromatic N) is 3. The van der Waals surface area contributed by atoms with Crippen LogP contribution in [0.2, 0.25) is 5.02 Å². The second-order valence-corrected chi connectivity index (χ2v) is 9.83. The Bertz CT molecular complexity index is 1600. The first-order valence-corrected chi connectivity index (χ1v) is 13.2. The third-order valence-electron chi connectivity index (χ3n) is 6.91. The average molecular weight is 562 g/mol. The number of amides is 1. The van der Waals surface area contributed by atoms with E-state index in [0.29, 0.717) is 35.3 Å². The zero-order valence-corrected chi connectivity index (χ0v) is 23.3. The standard InChI is InChI=1S/C30H29ClFN5O3/c1-5-39-26-14-20(12-13-25(26)40-15-21-22(31)9-7-10-23(21)32)28-27(19(4)35-30-33-16-34-37(28)30)29(38)36-24-11-6-8-17(2)18(24)3/h6-14,16,28H,5,15H2,1-4H3,(H,36,38)(H,33,34,35). The molecule has 10 heteroatoms. The van der Waals surface area contributed by atoms with Crippen molar-refractivity contribution in [2.75, 3.05) is 17.2 Å². The maximum Gasteiger partial charge on any atom is 0.255 e. The van der Waals surface area contributed by atoms with Crippen molar-refractivity contribution in [3.8, 4) is 11.5 Å². The minimum atomic E-state index is -0.599. The second kappa shape index (κ2) is 11.4. The molecule has 4 aromatic rings. The normalized spacial score (nSPS) is 14.4. The lowest BCUT2D eigenvalue weighted by Gasteiger charge is -2.29. The van der Waals surface area contributed by atoms with Crippen molar-refractivity contribution in [2.45, 2.75) is 40.3 Å². The van der Waals surface area contributed by atoms with Gasteiger partial charge < -0.3 is 20.1 Å². The van der Waals surface area contributed by atoms with E-state index < -0.39 is 11.9 Å². The van der Waals surface area contributed by atoms with E-state index in [1.807, 2.05) is 58.0 Å². The Balaban J connectivity index is 1.51. The van der Waals surface area contributed by atoms with Gasteiger partial charge in [0.15, 0.2) is 11.5 Å². The number of carbonyl (C=O) groups excluding carboxylic acids is 1. The van der Waals surface area contributed by atoms with Crippen LogP contribution in [0.4, 0.5) is 16.0 Å². The Hall–Kier alpha value is -4.37. The molecule has 0 bridgehead atoms. The van der Waals surface area contributed by atoms with Gasteiger partial charge in [-0.25, -0.2) is 9.07 Å². The Morgan fingerprint density at radius 2 is 1.90 bits per heavy atom. The Morgan fingerprint density at radius 3 is 2.67 bits per heavy atom. The number of fused-ring (bicyclic) bond motifs is 1. The summed E-state index contributed by atoms with van der Waals surface area (Å²) in [6.45, 7) is 7.96. The van der Waals surface area contributed by atoms with E-state index in [-0.39, 0.29) is 23.1 Å². The van der Waals surface area contributed by atoms with Crippen LogP contribution in [0.3, 0.4) is 0 Å².